The summed E-state index contributed by atoms with van der Waals surface area (Å²) in [6, 6.07) is 2.69. The molecule has 1 rings (SSSR count). The second kappa shape index (κ2) is 4.34. The van der Waals surface area contributed by atoms with Crippen molar-refractivity contribution in [2.75, 3.05) is 7.11 Å². The standard InChI is InChI=1S/C7H6BClFO3/c1-12-7-4(9)2-3-5(6(7)10)13-8-11/h2-3,11H,1H3. The van der Waals surface area contributed by atoms with Crippen molar-refractivity contribution in [3.63, 3.8) is 0 Å². The first-order valence-electron chi connectivity index (χ1n) is 3.35. The van der Waals surface area contributed by atoms with Gasteiger partial charge in [0.05, 0.1) is 12.1 Å². The minimum absolute atomic E-state index is 0.110. The fourth-order valence-corrected chi connectivity index (χ4v) is 1.07. The average Bonchev–Trinajstić information content (AvgIpc) is 2.11. The lowest BCUT2D eigenvalue weighted by molar-refractivity contribution is 0.370. The fraction of sp³-hybridized carbons (Fsp3) is 0.143. The number of rotatable bonds is 3. The molecule has 0 fully saturated rings. The number of hydrogen-bond donors (Lipinski definition) is 1. The predicted molar refractivity (Wildman–Crippen MR) is 46.6 cm³/mol. The van der Waals surface area contributed by atoms with Gasteiger partial charge >= 0.3 is 7.69 Å². The second-order valence-electron chi connectivity index (χ2n) is 2.12. The summed E-state index contributed by atoms with van der Waals surface area (Å²) < 4.78 is 22.4. The molecule has 0 saturated heterocycles. The first-order chi connectivity index (χ1) is 6.20. The Labute approximate surface area is 80.3 Å². The predicted octanol–water partition coefficient (Wildman–Crippen LogP) is 1.39. The smallest absolute Gasteiger partial charge is 0.535 e. The van der Waals surface area contributed by atoms with Gasteiger partial charge in [-0.15, -0.1) is 0 Å². The van der Waals surface area contributed by atoms with Crippen molar-refractivity contribution in [2.45, 2.75) is 0 Å². The van der Waals surface area contributed by atoms with E-state index in [-0.39, 0.29) is 16.5 Å². The summed E-state index contributed by atoms with van der Waals surface area (Å²) in [6.07, 6.45) is 0. The van der Waals surface area contributed by atoms with Gasteiger partial charge in [-0.3, -0.25) is 0 Å². The van der Waals surface area contributed by atoms with Crippen LogP contribution in [0.25, 0.3) is 0 Å². The van der Waals surface area contributed by atoms with Crippen molar-refractivity contribution in [1.29, 1.82) is 0 Å². The van der Waals surface area contributed by atoms with E-state index in [2.05, 4.69) is 9.39 Å². The van der Waals surface area contributed by atoms with E-state index < -0.39 is 5.82 Å². The Hall–Kier alpha value is -0.935. The Morgan fingerprint density at radius 1 is 1.54 bits per heavy atom. The summed E-state index contributed by atoms with van der Waals surface area (Å²) in [5.74, 6) is -1.01. The Morgan fingerprint density at radius 3 is 2.77 bits per heavy atom. The van der Waals surface area contributed by atoms with Crippen LogP contribution in [0.1, 0.15) is 0 Å². The number of halogens is 2. The fourth-order valence-electron chi connectivity index (χ4n) is 0.849. The molecule has 0 amide bonds. The molecule has 1 aromatic carbocycles. The molecule has 0 aromatic heterocycles. The van der Waals surface area contributed by atoms with Crippen LogP contribution in [0.3, 0.4) is 0 Å². The lowest BCUT2D eigenvalue weighted by Gasteiger charge is -2.08. The molecule has 1 aromatic rings. The second-order valence-corrected chi connectivity index (χ2v) is 2.52. The molecule has 6 heteroatoms. The highest BCUT2D eigenvalue weighted by Crippen LogP contribution is 2.33. The molecule has 1 N–H and O–H groups in total. The zero-order valence-electron chi connectivity index (χ0n) is 6.75. The van der Waals surface area contributed by atoms with Crippen molar-refractivity contribution >= 4 is 19.3 Å². The first-order valence-corrected chi connectivity index (χ1v) is 3.73. The molecule has 0 aliphatic heterocycles. The lowest BCUT2D eigenvalue weighted by Crippen LogP contribution is -2.02. The molecule has 0 unspecified atom stereocenters. The van der Waals surface area contributed by atoms with Crippen LogP contribution in [0, 0.1) is 5.82 Å². The van der Waals surface area contributed by atoms with Gasteiger partial charge in [0.2, 0.25) is 5.82 Å². The number of benzene rings is 1. The third-order valence-corrected chi connectivity index (χ3v) is 1.70. The topological polar surface area (TPSA) is 38.7 Å². The van der Waals surface area contributed by atoms with Crippen LogP contribution < -0.4 is 9.39 Å². The van der Waals surface area contributed by atoms with E-state index in [1.54, 1.807) is 0 Å². The third kappa shape index (κ3) is 2.05. The van der Waals surface area contributed by atoms with Gasteiger partial charge in [0.1, 0.15) is 5.75 Å². The molecular formula is C7H6BClFO3. The first kappa shape index (κ1) is 10.1. The molecule has 0 spiro atoms. The van der Waals surface area contributed by atoms with Crippen LogP contribution in [0.5, 0.6) is 11.5 Å². The molecule has 0 bridgehead atoms. The van der Waals surface area contributed by atoms with Gasteiger partial charge in [-0.1, -0.05) is 11.6 Å². The Balaban J connectivity index is 3.11. The molecule has 0 aliphatic carbocycles. The van der Waals surface area contributed by atoms with E-state index >= 15 is 0 Å². The van der Waals surface area contributed by atoms with Gasteiger partial charge in [0.25, 0.3) is 0 Å². The molecule has 69 valence electrons. The van der Waals surface area contributed by atoms with Crippen LogP contribution in [-0.2, 0) is 0 Å². The van der Waals surface area contributed by atoms with Crippen molar-refractivity contribution < 1.29 is 18.8 Å². The minimum atomic E-state index is -0.750. The van der Waals surface area contributed by atoms with E-state index in [4.69, 9.17) is 16.6 Å². The highest BCUT2D eigenvalue weighted by Gasteiger charge is 2.13. The molecule has 0 heterocycles. The van der Waals surface area contributed by atoms with Gasteiger partial charge in [-0.25, -0.2) is 0 Å². The normalized spacial score (nSPS) is 9.54. The number of methoxy groups -OCH3 is 1. The summed E-state index contributed by atoms with van der Waals surface area (Å²) >= 11 is 5.61. The Bertz CT molecular complexity index is 308. The molecule has 3 nitrogen and oxygen atoms in total. The summed E-state index contributed by atoms with van der Waals surface area (Å²) in [4.78, 5) is 0. The van der Waals surface area contributed by atoms with Gasteiger partial charge in [0.15, 0.2) is 5.75 Å². The average molecular weight is 203 g/mol. The molecular weight excluding hydrogens is 197 g/mol. The van der Waals surface area contributed by atoms with Gasteiger partial charge in [0, 0.05) is 0 Å². The van der Waals surface area contributed by atoms with Crippen LogP contribution in [0.4, 0.5) is 4.39 Å². The Morgan fingerprint density at radius 2 is 2.23 bits per heavy atom. The maximum atomic E-state index is 13.3. The van der Waals surface area contributed by atoms with Crippen LogP contribution in [-0.4, -0.2) is 19.8 Å². The quantitative estimate of drug-likeness (QED) is 0.755. The van der Waals surface area contributed by atoms with Crippen LogP contribution >= 0.6 is 11.6 Å². The summed E-state index contributed by atoms with van der Waals surface area (Å²) in [5, 5.41) is 8.43. The molecule has 13 heavy (non-hydrogen) atoms. The summed E-state index contributed by atoms with van der Waals surface area (Å²) in [6.45, 7) is 0. The highest BCUT2D eigenvalue weighted by atomic mass is 35.5. The van der Waals surface area contributed by atoms with E-state index in [0.717, 1.165) is 0 Å². The van der Waals surface area contributed by atoms with Crippen LogP contribution in [0.15, 0.2) is 12.1 Å². The third-order valence-electron chi connectivity index (χ3n) is 1.40. The van der Waals surface area contributed by atoms with Crippen LogP contribution in [0.2, 0.25) is 5.02 Å². The summed E-state index contributed by atoms with van der Waals surface area (Å²) in [5.41, 5.74) is 0. The van der Waals surface area contributed by atoms with Crippen molar-refractivity contribution in [1.82, 2.24) is 0 Å². The zero-order chi connectivity index (χ0) is 9.84. The van der Waals surface area contributed by atoms with E-state index in [1.807, 2.05) is 0 Å². The monoisotopic (exact) mass is 203 g/mol. The highest BCUT2D eigenvalue weighted by molar-refractivity contribution is 6.32. The number of hydrogen-bond acceptors (Lipinski definition) is 3. The van der Waals surface area contributed by atoms with Crippen molar-refractivity contribution in [2.24, 2.45) is 0 Å². The van der Waals surface area contributed by atoms with Crippen molar-refractivity contribution in [3.05, 3.63) is 23.0 Å². The molecule has 1 radical (unpaired) electrons. The minimum Gasteiger partial charge on any atom is -0.535 e. The molecule has 0 saturated carbocycles. The maximum Gasteiger partial charge on any atom is 0.569 e. The number of ether oxygens (including phenoxy) is 1. The van der Waals surface area contributed by atoms with Gasteiger partial charge in [-0.2, -0.15) is 4.39 Å². The zero-order valence-corrected chi connectivity index (χ0v) is 7.51. The SMILES string of the molecule is COc1c(Cl)ccc(O[B]O)c1F. The van der Waals surface area contributed by atoms with Gasteiger partial charge < -0.3 is 14.4 Å². The maximum absolute atomic E-state index is 13.3. The van der Waals surface area contributed by atoms with Crippen molar-refractivity contribution in [3.8, 4) is 11.5 Å². The summed E-state index contributed by atoms with van der Waals surface area (Å²) in [7, 11) is 1.67. The van der Waals surface area contributed by atoms with E-state index in [9.17, 15) is 4.39 Å². The van der Waals surface area contributed by atoms with E-state index in [0.29, 0.717) is 7.69 Å². The Kier molecular flexibility index (Phi) is 3.39. The van der Waals surface area contributed by atoms with Gasteiger partial charge in [-0.05, 0) is 12.1 Å². The molecule has 0 atom stereocenters. The largest absolute Gasteiger partial charge is 0.569 e. The lowest BCUT2D eigenvalue weighted by atomic mass is 10.3. The molecule has 0 aliphatic rings. The van der Waals surface area contributed by atoms with E-state index in [1.165, 1.54) is 19.2 Å².